The third-order valence-corrected chi connectivity index (χ3v) is 5.14. The number of amides is 1. The maximum atomic E-state index is 12.8. The second-order valence-corrected chi connectivity index (χ2v) is 6.55. The molecule has 18 heavy (non-hydrogen) atoms. The highest BCUT2D eigenvalue weighted by molar-refractivity contribution is 7.99. The lowest BCUT2D eigenvalue weighted by atomic mass is 9.87. The summed E-state index contributed by atoms with van der Waals surface area (Å²) in [5.41, 5.74) is 0.863. The smallest absolute Gasteiger partial charge is 0.233 e. The summed E-state index contributed by atoms with van der Waals surface area (Å²) in [4.78, 5) is 20.1. The van der Waals surface area contributed by atoms with E-state index in [2.05, 4.69) is 11.9 Å². The van der Waals surface area contributed by atoms with E-state index in [4.69, 9.17) is 0 Å². The molecule has 2 heterocycles. The fraction of sp³-hybridized carbons (Fsp3) is 0.571. The number of fused-ring (bicyclic) bond motifs is 1. The number of carbonyl (C=O) groups excluding carboxylic acids is 1. The monoisotopic (exact) mass is 262 g/mol. The molecule has 0 bridgehead atoms. The normalized spacial score (nSPS) is 21.7. The summed E-state index contributed by atoms with van der Waals surface area (Å²) < 4.78 is 0. The minimum absolute atomic E-state index is 0.144. The number of aromatic nitrogens is 1. The van der Waals surface area contributed by atoms with Crippen molar-refractivity contribution in [3.05, 3.63) is 18.5 Å². The molecule has 0 spiro atoms. The third-order valence-electron chi connectivity index (χ3n) is 4.09. The Morgan fingerprint density at radius 1 is 1.44 bits per heavy atom. The quantitative estimate of drug-likeness (QED) is 0.779. The van der Waals surface area contributed by atoms with Gasteiger partial charge in [0.05, 0.1) is 11.9 Å². The van der Waals surface area contributed by atoms with Crippen molar-refractivity contribution < 1.29 is 4.79 Å². The SMILES string of the molecule is CC1(C(=O)N2CCSc3ccncc32)CCCC1. The fourth-order valence-electron chi connectivity index (χ4n) is 2.97. The molecule has 2 aliphatic rings. The van der Waals surface area contributed by atoms with Crippen LogP contribution >= 0.6 is 11.8 Å². The second-order valence-electron chi connectivity index (χ2n) is 5.42. The van der Waals surface area contributed by atoms with E-state index < -0.39 is 0 Å². The van der Waals surface area contributed by atoms with Gasteiger partial charge in [-0.05, 0) is 18.9 Å². The lowest BCUT2D eigenvalue weighted by molar-refractivity contribution is -0.127. The first kappa shape index (κ1) is 12.0. The minimum atomic E-state index is -0.144. The molecular weight excluding hydrogens is 244 g/mol. The van der Waals surface area contributed by atoms with E-state index in [0.29, 0.717) is 5.91 Å². The molecule has 1 aliphatic heterocycles. The lowest BCUT2D eigenvalue weighted by Gasteiger charge is -2.34. The average molecular weight is 262 g/mol. The number of nitrogens with zero attached hydrogens (tertiary/aromatic N) is 2. The van der Waals surface area contributed by atoms with Crippen LogP contribution in [0, 0.1) is 5.41 Å². The summed E-state index contributed by atoms with van der Waals surface area (Å²) in [5, 5.41) is 0. The van der Waals surface area contributed by atoms with Crippen molar-refractivity contribution in [3.8, 4) is 0 Å². The van der Waals surface area contributed by atoms with Crippen LogP contribution in [0.25, 0.3) is 0 Å². The largest absolute Gasteiger partial charge is 0.309 e. The molecule has 0 atom stereocenters. The van der Waals surface area contributed by atoms with Crippen LogP contribution in [0.1, 0.15) is 32.6 Å². The minimum Gasteiger partial charge on any atom is -0.309 e. The predicted molar refractivity (Wildman–Crippen MR) is 73.9 cm³/mol. The van der Waals surface area contributed by atoms with Gasteiger partial charge in [-0.1, -0.05) is 19.8 Å². The third kappa shape index (κ3) is 1.92. The molecule has 1 aliphatic carbocycles. The maximum absolute atomic E-state index is 12.8. The maximum Gasteiger partial charge on any atom is 0.233 e. The first-order valence-electron chi connectivity index (χ1n) is 6.59. The average Bonchev–Trinajstić information content (AvgIpc) is 2.85. The van der Waals surface area contributed by atoms with Gasteiger partial charge < -0.3 is 4.90 Å². The molecule has 1 saturated carbocycles. The first-order chi connectivity index (χ1) is 8.71. The molecule has 0 N–H and O–H groups in total. The zero-order chi connectivity index (χ0) is 12.6. The van der Waals surface area contributed by atoms with Crippen LogP contribution in [0.15, 0.2) is 23.4 Å². The van der Waals surface area contributed by atoms with Crippen molar-refractivity contribution in [2.24, 2.45) is 5.41 Å². The molecule has 3 nitrogen and oxygen atoms in total. The van der Waals surface area contributed by atoms with Crippen LogP contribution in [0.2, 0.25) is 0 Å². The molecule has 0 saturated heterocycles. The van der Waals surface area contributed by atoms with Crippen molar-refractivity contribution in [2.45, 2.75) is 37.5 Å². The van der Waals surface area contributed by atoms with E-state index >= 15 is 0 Å². The van der Waals surface area contributed by atoms with Crippen molar-refractivity contribution in [1.82, 2.24) is 4.98 Å². The topological polar surface area (TPSA) is 33.2 Å². The van der Waals surface area contributed by atoms with E-state index in [9.17, 15) is 4.79 Å². The number of rotatable bonds is 1. The number of hydrogen-bond acceptors (Lipinski definition) is 3. The Hall–Kier alpha value is -1.03. The molecule has 1 fully saturated rings. The van der Waals surface area contributed by atoms with Gasteiger partial charge in [-0.25, -0.2) is 0 Å². The highest BCUT2D eigenvalue weighted by atomic mass is 32.2. The van der Waals surface area contributed by atoms with Gasteiger partial charge in [-0.3, -0.25) is 9.78 Å². The molecule has 1 amide bonds. The van der Waals surface area contributed by atoms with Crippen LogP contribution in [0.5, 0.6) is 0 Å². The Morgan fingerprint density at radius 3 is 3.00 bits per heavy atom. The van der Waals surface area contributed by atoms with Gasteiger partial charge in [0.1, 0.15) is 0 Å². The van der Waals surface area contributed by atoms with E-state index in [1.807, 2.05) is 28.9 Å². The Kier molecular flexibility index (Phi) is 3.06. The Labute approximate surface area is 112 Å². The van der Waals surface area contributed by atoms with E-state index in [1.54, 1.807) is 6.20 Å². The highest BCUT2D eigenvalue weighted by Gasteiger charge is 2.40. The lowest BCUT2D eigenvalue weighted by Crippen LogP contribution is -2.44. The summed E-state index contributed by atoms with van der Waals surface area (Å²) in [6.07, 6.45) is 8.07. The number of pyridine rings is 1. The summed E-state index contributed by atoms with van der Waals surface area (Å²) in [6.45, 7) is 2.94. The van der Waals surface area contributed by atoms with Gasteiger partial charge in [-0.15, -0.1) is 11.8 Å². The van der Waals surface area contributed by atoms with E-state index in [-0.39, 0.29) is 5.41 Å². The van der Waals surface area contributed by atoms with Gasteiger partial charge in [0, 0.05) is 28.8 Å². The van der Waals surface area contributed by atoms with E-state index in [0.717, 1.165) is 30.8 Å². The second kappa shape index (κ2) is 4.57. The number of carbonyl (C=O) groups is 1. The summed E-state index contributed by atoms with van der Waals surface area (Å²) in [5.74, 6) is 1.29. The molecule has 3 rings (SSSR count). The van der Waals surface area contributed by atoms with Crippen molar-refractivity contribution in [3.63, 3.8) is 0 Å². The highest BCUT2D eigenvalue weighted by Crippen LogP contribution is 2.42. The van der Waals surface area contributed by atoms with Crippen molar-refractivity contribution in [2.75, 3.05) is 17.2 Å². The Bertz CT molecular complexity index is 469. The van der Waals surface area contributed by atoms with Gasteiger partial charge in [0.25, 0.3) is 0 Å². The molecule has 0 aromatic carbocycles. The summed E-state index contributed by atoms with van der Waals surface area (Å²) in [6, 6.07) is 2.01. The number of hydrogen-bond donors (Lipinski definition) is 0. The predicted octanol–water partition coefficient (Wildman–Crippen LogP) is 3.10. The Morgan fingerprint density at radius 2 is 2.22 bits per heavy atom. The van der Waals surface area contributed by atoms with Crippen LogP contribution in [0.3, 0.4) is 0 Å². The van der Waals surface area contributed by atoms with Crippen LogP contribution in [0.4, 0.5) is 5.69 Å². The van der Waals surface area contributed by atoms with Crippen LogP contribution in [-0.2, 0) is 4.79 Å². The van der Waals surface area contributed by atoms with Crippen molar-refractivity contribution >= 4 is 23.4 Å². The molecule has 0 radical (unpaired) electrons. The number of thioether (sulfide) groups is 1. The van der Waals surface area contributed by atoms with E-state index in [1.165, 1.54) is 17.7 Å². The zero-order valence-corrected chi connectivity index (χ0v) is 11.5. The molecule has 96 valence electrons. The van der Waals surface area contributed by atoms with Gasteiger partial charge in [0.15, 0.2) is 0 Å². The van der Waals surface area contributed by atoms with Gasteiger partial charge in [0.2, 0.25) is 5.91 Å². The van der Waals surface area contributed by atoms with Gasteiger partial charge in [-0.2, -0.15) is 0 Å². The Balaban J connectivity index is 1.92. The molecule has 1 aromatic heterocycles. The molecule has 4 heteroatoms. The standard InChI is InChI=1S/C14H18N2OS/c1-14(5-2-3-6-14)13(17)16-8-9-18-12-4-7-15-10-11(12)16/h4,7,10H,2-3,5-6,8-9H2,1H3. The first-order valence-corrected chi connectivity index (χ1v) is 7.58. The summed E-state index contributed by atoms with van der Waals surface area (Å²) >= 11 is 1.82. The molecule has 0 unspecified atom stereocenters. The number of anilines is 1. The molecule has 1 aromatic rings. The van der Waals surface area contributed by atoms with Crippen LogP contribution < -0.4 is 4.90 Å². The van der Waals surface area contributed by atoms with Gasteiger partial charge >= 0.3 is 0 Å². The zero-order valence-electron chi connectivity index (χ0n) is 10.7. The summed E-state index contributed by atoms with van der Waals surface area (Å²) in [7, 11) is 0. The fourth-order valence-corrected chi connectivity index (χ4v) is 3.93. The van der Waals surface area contributed by atoms with Crippen LogP contribution in [-0.4, -0.2) is 23.2 Å². The molecular formula is C14H18N2OS. The van der Waals surface area contributed by atoms with Crippen molar-refractivity contribution in [1.29, 1.82) is 0 Å².